The van der Waals surface area contributed by atoms with Gasteiger partial charge in [0.1, 0.15) is 0 Å². The predicted molar refractivity (Wildman–Crippen MR) is 72.1 cm³/mol. The van der Waals surface area contributed by atoms with E-state index in [2.05, 4.69) is 51.3 Å². The summed E-state index contributed by atoms with van der Waals surface area (Å²) < 4.78 is 2.15. The van der Waals surface area contributed by atoms with Gasteiger partial charge in [0.2, 0.25) is 0 Å². The van der Waals surface area contributed by atoms with Crippen LogP contribution in [0.2, 0.25) is 0 Å². The molecule has 0 saturated carbocycles. The molecule has 0 amide bonds. The maximum Gasteiger partial charge on any atom is 0.0527 e. The van der Waals surface area contributed by atoms with Crippen LogP contribution >= 0.6 is 0 Å². The average molecular weight is 224 g/mol. The normalized spacial score (nSPS) is 10.9. The fourth-order valence-electron chi connectivity index (χ4n) is 1.84. The first-order valence-corrected chi connectivity index (χ1v) is 6.52. The zero-order chi connectivity index (χ0) is 12.9. The Morgan fingerprint density at radius 1 is 0.938 bits per heavy atom. The van der Waals surface area contributed by atoms with Crippen LogP contribution in [-0.2, 0) is 0 Å². The van der Waals surface area contributed by atoms with E-state index in [-0.39, 0.29) is 0 Å². The zero-order valence-electron chi connectivity index (χ0n) is 12.2. The van der Waals surface area contributed by atoms with Gasteiger partial charge in [-0.2, -0.15) is 5.10 Å². The Morgan fingerprint density at radius 2 is 1.44 bits per heavy atom. The molecule has 1 aromatic heterocycles. The Hall–Kier alpha value is -0.790. The van der Waals surface area contributed by atoms with Gasteiger partial charge in [-0.1, -0.05) is 41.5 Å². The lowest BCUT2D eigenvalue weighted by molar-refractivity contribution is 0.495. The topological polar surface area (TPSA) is 17.8 Å². The van der Waals surface area contributed by atoms with Gasteiger partial charge in [0.05, 0.1) is 6.20 Å². The molecule has 1 rings (SSSR count). The van der Waals surface area contributed by atoms with E-state index >= 15 is 0 Å². The molecule has 0 aliphatic rings. The molecule has 0 aromatic carbocycles. The van der Waals surface area contributed by atoms with E-state index in [9.17, 15) is 0 Å². The lowest BCUT2D eigenvalue weighted by atomic mass is 9.97. The minimum Gasteiger partial charge on any atom is -0.267 e. The third-order valence-corrected chi connectivity index (χ3v) is 2.52. The van der Waals surface area contributed by atoms with Gasteiger partial charge in [0.15, 0.2) is 0 Å². The zero-order valence-corrected chi connectivity index (χ0v) is 12.2. The van der Waals surface area contributed by atoms with Gasteiger partial charge in [0.25, 0.3) is 0 Å². The van der Waals surface area contributed by atoms with Crippen LogP contribution in [0.15, 0.2) is 6.20 Å². The summed E-state index contributed by atoms with van der Waals surface area (Å²) in [4.78, 5) is 0. The minimum atomic E-state index is 0.458. The monoisotopic (exact) mass is 224 g/mol. The van der Waals surface area contributed by atoms with Gasteiger partial charge in [-0.3, -0.25) is 4.68 Å². The molecule has 94 valence electrons. The third kappa shape index (κ3) is 3.36. The minimum absolute atomic E-state index is 0.458. The maximum atomic E-state index is 4.47. The van der Waals surface area contributed by atoms with Crippen molar-refractivity contribution in [3.05, 3.63) is 17.5 Å². The van der Waals surface area contributed by atoms with Crippen LogP contribution in [0.25, 0.3) is 0 Å². The van der Waals surface area contributed by atoms with E-state index in [0.29, 0.717) is 17.9 Å². The van der Waals surface area contributed by atoms with Crippen LogP contribution in [0, 0.1) is 0 Å². The molecular weight excluding hydrogens is 196 g/mol. The van der Waals surface area contributed by atoms with Gasteiger partial charge < -0.3 is 0 Å². The first-order valence-electron chi connectivity index (χ1n) is 6.52. The highest BCUT2D eigenvalue weighted by Gasteiger charge is 2.17. The number of rotatable bonds is 3. The summed E-state index contributed by atoms with van der Waals surface area (Å²) >= 11 is 0. The Morgan fingerprint density at radius 3 is 1.75 bits per heavy atom. The molecule has 0 bridgehead atoms. The van der Waals surface area contributed by atoms with Crippen molar-refractivity contribution in [1.29, 1.82) is 0 Å². The number of hydrogen-bond acceptors (Lipinski definition) is 1. The summed E-state index contributed by atoms with van der Waals surface area (Å²) in [6.45, 7) is 17.3. The first-order chi connectivity index (χ1) is 7.45. The molecular formula is C14H28N2. The molecule has 1 aromatic rings. The molecule has 0 saturated heterocycles. The van der Waals surface area contributed by atoms with E-state index in [1.165, 1.54) is 11.3 Å². The van der Waals surface area contributed by atoms with Crippen LogP contribution in [0.4, 0.5) is 0 Å². The summed E-state index contributed by atoms with van der Waals surface area (Å²) in [5.74, 6) is 1.12. The van der Waals surface area contributed by atoms with Crippen LogP contribution in [0.3, 0.4) is 0 Å². The van der Waals surface area contributed by atoms with Gasteiger partial charge in [-0.15, -0.1) is 0 Å². The van der Waals surface area contributed by atoms with Crippen LogP contribution in [0.1, 0.15) is 84.5 Å². The summed E-state index contributed by atoms with van der Waals surface area (Å²) in [7, 11) is 0. The van der Waals surface area contributed by atoms with E-state index in [1.807, 2.05) is 20.0 Å². The van der Waals surface area contributed by atoms with Crippen molar-refractivity contribution in [3.63, 3.8) is 0 Å². The molecule has 0 atom stereocenters. The van der Waals surface area contributed by atoms with Crippen LogP contribution in [0.5, 0.6) is 0 Å². The van der Waals surface area contributed by atoms with Gasteiger partial charge in [-0.25, -0.2) is 0 Å². The number of hydrogen-bond donors (Lipinski definition) is 0. The molecule has 0 aliphatic heterocycles. The molecule has 2 heteroatoms. The molecule has 2 nitrogen and oxygen atoms in total. The third-order valence-electron chi connectivity index (χ3n) is 2.52. The second kappa shape index (κ2) is 6.72. The lowest BCUT2D eigenvalue weighted by Crippen LogP contribution is -2.10. The van der Waals surface area contributed by atoms with E-state index in [1.54, 1.807) is 0 Å². The molecule has 0 aliphatic carbocycles. The Kier molecular flexibility index (Phi) is 6.39. The Labute approximate surface area is 101 Å². The average Bonchev–Trinajstić information content (AvgIpc) is 2.64. The van der Waals surface area contributed by atoms with Crippen molar-refractivity contribution in [1.82, 2.24) is 9.78 Å². The lowest BCUT2D eigenvalue weighted by Gasteiger charge is -2.16. The Balaban J connectivity index is 0.00000106. The van der Waals surface area contributed by atoms with Crippen molar-refractivity contribution in [3.8, 4) is 0 Å². The summed E-state index contributed by atoms with van der Waals surface area (Å²) in [5, 5.41) is 4.47. The fourth-order valence-corrected chi connectivity index (χ4v) is 1.84. The smallest absolute Gasteiger partial charge is 0.0527 e. The van der Waals surface area contributed by atoms with Crippen molar-refractivity contribution < 1.29 is 0 Å². The van der Waals surface area contributed by atoms with Gasteiger partial charge >= 0.3 is 0 Å². The van der Waals surface area contributed by atoms with Crippen molar-refractivity contribution in [2.24, 2.45) is 0 Å². The maximum absolute atomic E-state index is 4.47. The van der Waals surface area contributed by atoms with E-state index < -0.39 is 0 Å². The summed E-state index contributed by atoms with van der Waals surface area (Å²) in [6.07, 6.45) is 2.03. The summed E-state index contributed by atoms with van der Waals surface area (Å²) in [5.41, 5.74) is 2.80. The number of nitrogens with zero attached hydrogens (tertiary/aromatic N) is 2. The molecule has 0 radical (unpaired) electrons. The predicted octanol–water partition coefficient (Wildman–Crippen LogP) is 4.74. The van der Waals surface area contributed by atoms with Gasteiger partial charge in [0, 0.05) is 11.7 Å². The summed E-state index contributed by atoms with van der Waals surface area (Å²) in [6, 6.07) is 0.458. The molecule has 1 heterocycles. The van der Waals surface area contributed by atoms with Crippen LogP contribution < -0.4 is 0 Å². The second-order valence-corrected chi connectivity index (χ2v) is 4.83. The highest BCUT2D eigenvalue weighted by atomic mass is 15.3. The molecule has 0 unspecified atom stereocenters. The SMILES string of the molecule is CC.CC(C)c1cnn(C(C)C)c1C(C)C. The largest absolute Gasteiger partial charge is 0.267 e. The molecule has 16 heavy (non-hydrogen) atoms. The first kappa shape index (κ1) is 15.2. The van der Waals surface area contributed by atoms with E-state index in [0.717, 1.165) is 0 Å². The molecule has 0 N–H and O–H groups in total. The molecule has 0 spiro atoms. The number of aromatic nitrogens is 2. The standard InChI is InChI=1S/C12H22N2.C2H6/c1-8(2)11-7-13-14(10(5)6)12(11)9(3)4;1-2/h7-10H,1-6H3;1-2H3. The fraction of sp³-hybridized carbons (Fsp3) is 0.786. The molecule has 0 fully saturated rings. The van der Waals surface area contributed by atoms with Crippen molar-refractivity contribution in [2.75, 3.05) is 0 Å². The van der Waals surface area contributed by atoms with E-state index in [4.69, 9.17) is 0 Å². The Bertz CT molecular complexity index is 270. The quantitative estimate of drug-likeness (QED) is 0.725. The van der Waals surface area contributed by atoms with Gasteiger partial charge in [-0.05, 0) is 31.2 Å². The van der Waals surface area contributed by atoms with Crippen molar-refractivity contribution in [2.45, 2.75) is 73.3 Å². The highest BCUT2D eigenvalue weighted by molar-refractivity contribution is 5.24. The highest BCUT2D eigenvalue weighted by Crippen LogP contribution is 2.27. The van der Waals surface area contributed by atoms with Crippen LogP contribution in [-0.4, -0.2) is 9.78 Å². The van der Waals surface area contributed by atoms with Crippen molar-refractivity contribution >= 4 is 0 Å². The second-order valence-electron chi connectivity index (χ2n) is 4.83.